The Morgan fingerprint density at radius 3 is 2.53 bits per heavy atom. The minimum atomic E-state index is 0. The van der Waals surface area contributed by atoms with Crippen molar-refractivity contribution in [3.8, 4) is 0 Å². The van der Waals surface area contributed by atoms with E-state index in [2.05, 4.69) is 52.7 Å². The Morgan fingerprint density at radius 2 is 1.94 bits per heavy atom. The van der Waals surface area contributed by atoms with Gasteiger partial charge in [-0.3, -0.25) is 14.6 Å². The average molecular weight is 562 g/mol. The Morgan fingerprint density at radius 1 is 1.22 bits per heavy atom. The van der Waals surface area contributed by atoms with Crippen molar-refractivity contribution in [1.82, 2.24) is 30.2 Å². The Hall–Kier alpha value is -0.910. The largest absolute Gasteiger partial charge is 0.379 e. The Kier molecular flexibility index (Phi) is 11.7. The summed E-state index contributed by atoms with van der Waals surface area (Å²) in [5, 5.41) is 11.4. The summed E-state index contributed by atoms with van der Waals surface area (Å²) in [6, 6.07) is 0.245. The molecule has 2 aliphatic rings. The molecule has 1 aliphatic carbocycles. The lowest BCUT2D eigenvalue weighted by Crippen LogP contribution is -2.47. The van der Waals surface area contributed by atoms with Crippen molar-refractivity contribution >= 4 is 29.9 Å². The zero-order chi connectivity index (χ0) is 22.1. The first-order valence-corrected chi connectivity index (χ1v) is 12.0. The summed E-state index contributed by atoms with van der Waals surface area (Å²) in [5.41, 5.74) is 1.51. The highest BCUT2D eigenvalue weighted by molar-refractivity contribution is 14.0. The van der Waals surface area contributed by atoms with Gasteiger partial charge in [0.2, 0.25) is 0 Å². The van der Waals surface area contributed by atoms with Crippen LogP contribution in [-0.2, 0) is 11.8 Å². The third kappa shape index (κ3) is 8.14. The van der Waals surface area contributed by atoms with E-state index in [-0.39, 0.29) is 30.0 Å². The fourth-order valence-corrected chi connectivity index (χ4v) is 4.89. The molecule has 32 heavy (non-hydrogen) atoms. The first kappa shape index (κ1) is 27.3. The number of rotatable bonds is 9. The molecule has 0 spiro atoms. The number of nitrogens with one attached hydrogen (secondary N) is 2. The van der Waals surface area contributed by atoms with Gasteiger partial charge >= 0.3 is 0 Å². The zero-order valence-corrected chi connectivity index (χ0v) is 22.8. The van der Waals surface area contributed by atoms with Crippen LogP contribution in [0.15, 0.2) is 17.4 Å². The number of aryl methyl sites for hydroxylation is 1. The molecule has 1 aromatic rings. The molecule has 2 heterocycles. The zero-order valence-electron chi connectivity index (χ0n) is 20.5. The lowest BCUT2D eigenvalue weighted by atomic mass is 9.73. The quantitative estimate of drug-likeness (QED) is 0.275. The first-order valence-electron chi connectivity index (χ1n) is 12.0. The van der Waals surface area contributed by atoms with Crippen molar-refractivity contribution < 1.29 is 4.74 Å². The molecule has 1 saturated carbocycles. The number of nitrogens with zero attached hydrogens (tertiary/aromatic N) is 5. The summed E-state index contributed by atoms with van der Waals surface area (Å²) < 4.78 is 7.43. The van der Waals surface area contributed by atoms with Crippen LogP contribution in [0, 0.1) is 5.41 Å². The maximum absolute atomic E-state index is 5.56. The van der Waals surface area contributed by atoms with Gasteiger partial charge in [-0.25, -0.2) is 0 Å². The van der Waals surface area contributed by atoms with Crippen LogP contribution in [0.25, 0.3) is 0 Å². The van der Waals surface area contributed by atoms with Crippen LogP contribution in [0.5, 0.6) is 0 Å². The van der Waals surface area contributed by atoms with E-state index >= 15 is 0 Å². The number of hydrogen-bond acceptors (Lipinski definition) is 5. The maximum Gasteiger partial charge on any atom is 0.191 e. The fraction of sp³-hybridized carbons (Fsp3) is 0.826. The van der Waals surface area contributed by atoms with Gasteiger partial charge in [0.05, 0.1) is 25.5 Å². The van der Waals surface area contributed by atoms with E-state index in [1.54, 1.807) is 0 Å². The van der Waals surface area contributed by atoms with Crippen LogP contribution in [0.2, 0.25) is 0 Å². The Balaban J connectivity index is 0.00000363. The SMILES string of the molecule is CCNC(=NCC1(CN2CCOCC2)CCCCC1)NCC(c1cnn(C)c1)N(C)C.I. The third-order valence-electron chi connectivity index (χ3n) is 6.69. The topological polar surface area (TPSA) is 70.0 Å². The van der Waals surface area contributed by atoms with Crippen LogP contribution in [-0.4, -0.2) is 92.1 Å². The van der Waals surface area contributed by atoms with Gasteiger partial charge in [0.1, 0.15) is 0 Å². The van der Waals surface area contributed by atoms with Crippen LogP contribution in [0.4, 0.5) is 0 Å². The van der Waals surface area contributed by atoms with Gasteiger partial charge in [-0.15, -0.1) is 24.0 Å². The van der Waals surface area contributed by atoms with Crippen molar-refractivity contribution in [3.63, 3.8) is 0 Å². The molecule has 1 atom stereocenters. The summed E-state index contributed by atoms with van der Waals surface area (Å²) in [6.45, 7) is 9.66. The molecular formula is C23H44IN7O. The summed E-state index contributed by atoms with van der Waals surface area (Å²) in [5.74, 6) is 0.921. The van der Waals surface area contributed by atoms with Crippen LogP contribution in [0.3, 0.4) is 0 Å². The number of guanidine groups is 1. The van der Waals surface area contributed by atoms with Gasteiger partial charge in [-0.2, -0.15) is 5.10 Å². The van der Waals surface area contributed by atoms with E-state index < -0.39 is 0 Å². The minimum Gasteiger partial charge on any atom is -0.379 e. The number of halogens is 1. The van der Waals surface area contributed by atoms with E-state index in [0.717, 1.165) is 58.4 Å². The molecule has 0 aromatic carbocycles. The normalized spacial score (nSPS) is 20.6. The monoisotopic (exact) mass is 561 g/mol. The lowest BCUT2D eigenvalue weighted by Gasteiger charge is -2.41. The molecule has 9 heteroatoms. The molecule has 0 bridgehead atoms. The number of likely N-dealkylation sites (N-methyl/N-ethyl adjacent to an activating group) is 1. The number of aromatic nitrogens is 2. The van der Waals surface area contributed by atoms with E-state index in [0.29, 0.717) is 5.41 Å². The van der Waals surface area contributed by atoms with Crippen molar-refractivity contribution in [2.45, 2.75) is 45.1 Å². The van der Waals surface area contributed by atoms with Crippen LogP contribution in [0.1, 0.15) is 50.6 Å². The van der Waals surface area contributed by atoms with Gasteiger partial charge in [-0.1, -0.05) is 19.3 Å². The second-order valence-electron chi connectivity index (χ2n) is 9.45. The molecule has 8 nitrogen and oxygen atoms in total. The molecule has 1 aliphatic heterocycles. The number of aliphatic imine (C=N–C) groups is 1. The van der Waals surface area contributed by atoms with E-state index in [1.807, 2.05) is 17.9 Å². The first-order chi connectivity index (χ1) is 15.0. The average Bonchev–Trinajstić information content (AvgIpc) is 3.19. The van der Waals surface area contributed by atoms with Crippen LogP contribution < -0.4 is 10.6 Å². The van der Waals surface area contributed by atoms with Gasteiger partial charge in [-0.05, 0) is 33.9 Å². The lowest BCUT2D eigenvalue weighted by molar-refractivity contribution is 0.00937. The molecule has 3 rings (SSSR count). The molecule has 2 N–H and O–H groups in total. The smallest absolute Gasteiger partial charge is 0.191 e. The highest BCUT2D eigenvalue weighted by Crippen LogP contribution is 2.37. The maximum atomic E-state index is 5.56. The summed E-state index contributed by atoms with van der Waals surface area (Å²) in [4.78, 5) is 9.93. The molecule has 0 amide bonds. The molecule has 0 radical (unpaired) electrons. The third-order valence-corrected chi connectivity index (χ3v) is 6.69. The van der Waals surface area contributed by atoms with Crippen molar-refractivity contribution in [2.24, 2.45) is 17.5 Å². The Labute approximate surface area is 211 Å². The van der Waals surface area contributed by atoms with E-state index in [4.69, 9.17) is 9.73 Å². The summed E-state index contributed by atoms with van der Waals surface area (Å²) >= 11 is 0. The highest BCUT2D eigenvalue weighted by Gasteiger charge is 2.34. The van der Waals surface area contributed by atoms with Gasteiger partial charge in [0.25, 0.3) is 0 Å². The van der Waals surface area contributed by atoms with E-state index in [1.165, 1.54) is 37.7 Å². The summed E-state index contributed by atoms with van der Waals surface area (Å²) in [7, 11) is 6.19. The second kappa shape index (κ2) is 13.7. The van der Waals surface area contributed by atoms with Crippen molar-refractivity contribution in [2.75, 3.05) is 66.6 Å². The molecule has 1 saturated heterocycles. The van der Waals surface area contributed by atoms with Crippen molar-refractivity contribution in [3.05, 3.63) is 18.0 Å². The van der Waals surface area contributed by atoms with Crippen LogP contribution >= 0.6 is 24.0 Å². The van der Waals surface area contributed by atoms with Crippen molar-refractivity contribution in [1.29, 1.82) is 0 Å². The van der Waals surface area contributed by atoms with Gasteiger partial charge in [0.15, 0.2) is 5.96 Å². The molecular weight excluding hydrogens is 517 g/mol. The molecule has 184 valence electrons. The number of ether oxygens (including phenoxy) is 1. The second-order valence-corrected chi connectivity index (χ2v) is 9.45. The molecule has 1 unspecified atom stereocenters. The fourth-order valence-electron chi connectivity index (χ4n) is 4.89. The number of morpholine rings is 1. The summed E-state index contributed by atoms with van der Waals surface area (Å²) in [6.07, 6.45) is 10.6. The minimum absolute atomic E-state index is 0. The molecule has 2 fully saturated rings. The predicted octanol–water partition coefficient (Wildman–Crippen LogP) is 2.48. The number of hydrogen-bond donors (Lipinski definition) is 2. The standard InChI is InChI=1S/C23H43N7O.HI/c1-5-24-22(25-16-21(28(2)3)20-15-27-29(4)17-20)26-18-23(9-7-6-8-10-23)19-30-11-13-31-14-12-30;/h15,17,21H,5-14,16,18-19H2,1-4H3,(H2,24,25,26);1H. The van der Waals surface area contributed by atoms with Gasteiger partial charge < -0.3 is 20.3 Å². The predicted molar refractivity (Wildman–Crippen MR) is 142 cm³/mol. The van der Waals surface area contributed by atoms with Gasteiger partial charge in [0, 0.05) is 63.5 Å². The Bertz CT molecular complexity index is 682. The molecule has 1 aromatic heterocycles. The highest BCUT2D eigenvalue weighted by atomic mass is 127. The van der Waals surface area contributed by atoms with E-state index in [9.17, 15) is 0 Å².